The largest absolute Gasteiger partial charge is 0.491 e. The van der Waals surface area contributed by atoms with Crippen molar-refractivity contribution >= 4 is 12.0 Å². The molecule has 7 heteroatoms. The van der Waals surface area contributed by atoms with E-state index in [9.17, 15) is 9.59 Å². The molecular formula is C19H25N3O4. The number of rotatable bonds is 5. The lowest BCUT2D eigenvalue weighted by atomic mass is 10.1. The highest BCUT2D eigenvalue weighted by atomic mass is 16.6. The molecule has 0 aromatic heterocycles. The fourth-order valence-corrected chi connectivity index (χ4v) is 2.41. The Balaban J connectivity index is 1.90. The van der Waals surface area contributed by atoms with Crippen LogP contribution in [0.3, 0.4) is 0 Å². The maximum atomic E-state index is 11.6. The summed E-state index contributed by atoms with van der Waals surface area (Å²) in [6, 6.07) is 5.69. The van der Waals surface area contributed by atoms with Crippen LogP contribution in [0.2, 0.25) is 0 Å². The van der Waals surface area contributed by atoms with Crippen LogP contribution in [-0.2, 0) is 9.53 Å². The summed E-state index contributed by atoms with van der Waals surface area (Å²) in [4.78, 5) is 22.4. The molecule has 0 fully saturated rings. The number of primary amides is 1. The van der Waals surface area contributed by atoms with Crippen LogP contribution in [-0.4, -0.2) is 37.3 Å². The van der Waals surface area contributed by atoms with Gasteiger partial charge in [-0.15, -0.1) is 0 Å². The Morgan fingerprint density at radius 1 is 1.38 bits per heavy atom. The van der Waals surface area contributed by atoms with E-state index in [0.717, 1.165) is 16.9 Å². The average molecular weight is 359 g/mol. The lowest BCUT2D eigenvalue weighted by molar-refractivity contribution is -0.117. The molecule has 1 aromatic rings. The van der Waals surface area contributed by atoms with E-state index in [0.29, 0.717) is 13.2 Å². The van der Waals surface area contributed by atoms with E-state index in [2.05, 4.69) is 22.5 Å². The monoisotopic (exact) mass is 359 g/mol. The number of benzene rings is 1. The fourth-order valence-electron chi connectivity index (χ4n) is 2.41. The number of amides is 2. The second-order valence-electron chi connectivity index (χ2n) is 6.94. The first-order chi connectivity index (χ1) is 12.2. The minimum Gasteiger partial charge on any atom is -0.491 e. The molecule has 0 saturated carbocycles. The van der Waals surface area contributed by atoms with Gasteiger partial charge in [-0.3, -0.25) is 4.79 Å². The van der Waals surface area contributed by atoms with E-state index in [1.807, 2.05) is 18.2 Å². The van der Waals surface area contributed by atoms with Gasteiger partial charge in [0.05, 0.1) is 12.6 Å². The lowest BCUT2D eigenvalue weighted by Gasteiger charge is -2.19. The molecule has 2 rings (SSSR count). The number of ether oxygens (including phenoxy) is 2. The summed E-state index contributed by atoms with van der Waals surface area (Å²) in [7, 11) is 0. The van der Waals surface area contributed by atoms with E-state index >= 15 is 0 Å². The van der Waals surface area contributed by atoms with Crippen LogP contribution in [0.4, 0.5) is 4.79 Å². The van der Waals surface area contributed by atoms with Gasteiger partial charge in [0.15, 0.2) is 0 Å². The van der Waals surface area contributed by atoms with Crippen molar-refractivity contribution in [2.24, 2.45) is 5.73 Å². The Hall–Kier alpha value is -2.72. The molecule has 1 aliphatic heterocycles. The molecule has 4 N–H and O–H groups in total. The molecule has 1 unspecified atom stereocenters. The van der Waals surface area contributed by atoms with E-state index in [-0.39, 0.29) is 24.9 Å². The molecule has 0 radical (unpaired) electrons. The van der Waals surface area contributed by atoms with Crippen LogP contribution in [0.15, 0.2) is 18.2 Å². The van der Waals surface area contributed by atoms with Gasteiger partial charge in [0.25, 0.3) is 0 Å². The van der Waals surface area contributed by atoms with Gasteiger partial charge in [0.2, 0.25) is 5.91 Å². The smallest absolute Gasteiger partial charge is 0.408 e. The molecule has 140 valence electrons. The summed E-state index contributed by atoms with van der Waals surface area (Å²) in [6.45, 7) is 6.61. The summed E-state index contributed by atoms with van der Waals surface area (Å²) >= 11 is 0. The Morgan fingerprint density at radius 3 is 2.85 bits per heavy atom. The third-order valence-corrected chi connectivity index (χ3v) is 3.51. The van der Waals surface area contributed by atoms with Gasteiger partial charge in [-0.1, -0.05) is 11.8 Å². The number of nitrogens with one attached hydrogen (secondary N) is 2. The summed E-state index contributed by atoms with van der Waals surface area (Å²) in [5, 5.41) is 5.85. The predicted molar refractivity (Wildman–Crippen MR) is 97.6 cm³/mol. The third-order valence-electron chi connectivity index (χ3n) is 3.51. The van der Waals surface area contributed by atoms with Gasteiger partial charge in [-0.05, 0) is 39.0 Å². The second-order valence-corrected chi connectivity index (χ2v) is 6.94. The fraction of sp³-hybridized carbons (Fsp3) is 0.474. The Kier molecular flexibility index (Phi) is 6.47. The van der Waals surface area contributed by atoms with Gasteiger partial charge in [0.1, 0.15) is 18.0 Å². The number of carbonyl (C=O) groups excluding carboxylic acids is 2. The molecular weight excluding hydrogens is 334 g/mol. The van der Waals surface area contributed by atoms with Crippen molar-refractivity contribution in [1.29, 1.82) is 0 Å². The zero-order valence-electron chi connectivity index (χ0n) is 15.3. The summed E-state index contributed by atoms with van der Waals surface area (Å²) in [6.07, 6.45) is -0.213. The van der Waals surface area contributed by atoms with Crippen LogP contribution in [0.25, 0.3) is 0 Å². The molecule has 26 heavy (non-hydrogen) atoms. The standard InChI is InChI=1S/C19H25N3O4/c1-19(2,3)26-18(24)22-9-4-5-13-6-7-16-14(11-13)15(12-25-16)21-10-8-17(20)23/h6-7,11,15,21H,8-10,12H2,1-3H3,(H2,20,23)(H,22,24). The average Bonchev–Trinajstić information content (AvgIpc) is 2.92. The summed E-state index contributed by atoms with van der Waals surface area (Å²) in [5.74, 6) is 6.37. The maximum Gasteiger partial charge on any atom is 0.408 e. The van der Waals surface area contributed by atoms with Gasteiger partial charge in [-0.2, -0.15) is 0 Å². The molecule has 0 bridgehead atoms. The van der Waals surface area contributed by atoms with Gasteiger partial charge >= 0.3 is 6.09 Å². The molecule has 1 aromatic carbocycles. The quantitative estimate of drug-likeness (QED) is 0.691. The Labute approximate surface area is 153 Å². The van der Waals surface area contributed by atoms with Crippen molar-refractivity contribution in [2.75, 3.05) is 19.7 Å². The topological polar surface area (TPSA) is 103 Å². The molecule has 1 heterocycles. The highest BCUT2D eigenvalue weighted by Crippen LogP contribution is 2.32. The van der Waals surface area contributed by atoms with Crippen LogP contribution < -0.4 is 21.1 Å². The SMILES string of the molecule is CC(C)(C)OC(=O)NCC#Cc1ccc2c(c1)C(NCCC(N)=O)CO2. The van der Waals surface area contributed by atoms with Crippen LogP contribution in [0.1, 0.15) is 44.4 Å². The zero-order valence-corrected chi connectivity index (χ0v) is 15.3. The predicted octanol–water partition coefficient (Wildman–Crippen LogP) is 1.46. The summed E-state index contributed by atoms with van der Waals surface area (Å²) in [5.41, 5.74) is 6.44. The van der Waals surface area contributed by atoms with Crippen molar-refractivity contribution in [3.63, 3.8) is 0 Å². The van der Waals surface area contributed by atoms with Crippen LogP contribution >= 0.6 is 0 Å². The first-order valence-corrected chi connectivity index (χ1v) is 8.49. The van der Waals surface area contributed by atoms with E-state index in [1.54, 1.807) is 20.8 Å². The van der Waals surface area contributed by atoms with Crippen LogP contribution in [0.5, 0.6) is 5.75 Å². The number of fused-ring (bicyclic) bond motifs is 1. The molecule has 2 amide bonds. The molecule has 0 spiro atoms. The number of nitrogens with two attached hydrogens (primary N) is 1. The van der Waals surface area contributed by atoms with E-state index in [1.165, 1.54) is 0 Å². The molecule has 0 aliphatic carbocycles. The first-order valence-electron chi connectivity index (χ1n) is 8.49. The third kappa shape index (κ3) is 6.30. The molecule has 0 saturated heterocycles. The highest BCUT2D eigenvalue weighted by molar-refractivity contribution is 5.73. The highest BCUT2D eigenvalue weighted by Gasteiger charge is 2.23. The molecule has 1 atom stereocenters. The lowest BCUT2D eigenvalue weighted by Crippen LogP contribution is -2.32. The minimum absolute atomic E-state index is 0.00554. The van der Waals surface area contributed by atoms with E-state index < -0.39 is 11.7 Å². The second kappa shape index (κ2) is 8.59. The van der Waals surface area contributed by atoms with Crippen molar-refractivity contribution in [1.82, 2.24) is 10.6 Å². The van der Waals surface area contributed by atoms with Crippen molar-refractivity contribution < 1.29 is 19.1 Å². The van der Waals surface area contributed by atoms with Crippen molar-refractivity contribution in [2.45, 2.75) is 38.8 Å². The number of hydrogen-bond donors (Lipinski definition) is 3. The first kappa shape index (κ1) is 19.6. The number of carbonyl (C=O) groups is 2. The van der Waals surface area contributed by atoms with Gasteiger partial charge in [0, 0.05) is 24.1 Å². The van der Waals surface area contributed by atoms with Crippen molar-refractivity contribution in [3.8, 4) is 17.6 Å². The molecule has 7 nitrogen and oxygen atoms in total. The minimum atomic E-state index is -0.534. The van der Waals surface area contributed by atoms with Gasteiger partial charge < -0.3 is 25.8 Å². The normalized spacial score (nSPS) is 15.3. The van der Waals surface area contributed by atoms with Gasteiger partial charge in [-0.25, -0.2) is 4.79 Å². The Bertz CT molecular complexity index is 729. The molecule has 1 aliphatic rings. The van der Waals surface area contributed by atoms with Crippen LogP contribution in [0, 0.1) is 11.8 Å². The van der Waals surface area contributed by atoms with E-state index in [4.69, 9.17) is 15.2 Å². The summed E-state index contributed by atoms with van der Waals surface area (Å²) < 4.78 is 10.8. The maximum absolute atomic E-state index is 11.6. The van der Waals surface area contributed by atoms with Crippen molar-refractivity contribution in [3.05, 3.63) is 29.3 Å². The number of alkyl carbamates (subject to hydrolysis) is 1. The Morgan fingerprint density at radius 2 is 2.15 bits per heavy atom. The zero-order chi connectivity index (χ0) is 19.2. The number of hydrogen-bond acceptors (Lipinski definition) is 5.